The van der Waals surface area contributed by atoms with Crippen LogP contribution in [0.3, 0.4) is 0 Å². The van der Waals surface area contributed by atoms with Gasteiger partial charge in [0.2, 0.25) is 15.9 Å². The highest BCUT2D eigenvalue weighted by molar-refractivity contribution is 7.92. The lowest BCUT2D eigenvalue weighted by Crippen LogP contribution is -2.19. The van der Waals surface area contributed by atoms with Crippen LogP contribution < -0.4 is 21.1 Å². The zero-order valence-corrected chi connectivity index (χ0v) is 18.7. The molecule has 0 aliphatic heterocycles. The highest BCUT2D eigenvalue weighted by Crippen LogP contribution is 2.24. The summed E-state index contributed by atoms with van der Waals surface area (Å²) in [6, 6.07) is 8.96. The van der Waals surface area contributed by atoms with Gasteiger partial charge in [0.05, 0.1) is 24.2 Å². The van der Waals surface area contributed by atoms with Crippen LogP contribution in [0.5, 0.6) is 5.88 Å². The van der Waals surface area contributed by atoms with E-state index in [0.29, 0.717) is 39.0 Å². The Morgan fingerprint density at radius 2 is 2.09 bits per heavy atom. The molecule has 1 aliphatic rings. The molecule has 3 aromatic heterocycles. The molecule has 170 valence electrons. The summed E-state index contributed by atoms with van der Waals surface area (Å²) < 4.78 is 28.7. The number of hydrogen-bond donors (Lipinski definition) is 3. The smallest absolute Gasteiger partial charge is 0.328 e. The van der Waals surface area contributed by atoms with Crippen molar-refractivity contribution in [3.63, 3.8) is 0 Å². The Labute approximate surface area is 187 Å². The van der Waals surface area contributed by atoms with Gasteiger partial charge in [0.1, 0.15) is 5.69 Å². The summed E-state index contributed by atoms with van der Waals surface area (Å²) in [4.78, 5) is 23.7. The van der Waals surface area contributed by atoms with Crippen LogP contribution in [0, 0.1) is 0 Å². The van der Waals surface area contributed by atoms with Crippen molar-refractivity contribution in [2.24, 2.45) is 12.0 Å². The molecule has 0 saturated heterocycles. The van der Waals surface area contributed by atoms with E-state index in [1.165, 1.54) is 4.57 Å². The second kappa shape index (κ2) is 7.59. The van der Waals surface area contributed by atoms with Gasteiger partial charge in [-0.2, -0.15) is 9.61 Å². The number of aromatic amines is 1. The third kappa shape index (κ3) is 4.24. The van der Waals surface area contributed by atoms with Crippen molar-refractivity contribution in [3.8, 4) is 17.1 Å². The lowest BCUT2D eigenvalue weighted by molar-refractivity contribution is 0.454. The molecule has 33 heavy (non-hydrogen) atoms. The fourth-order valence-electron chi connectivity index (χ4n) is 3.48. The molecule has 0 bridgehead atoms. The van der Waals surface area contributed by atoms with Crippen molar-refractivity contribution in [1.82, 2.24) is 24.1 Å². The summed E-state index contributed by atoms with van der Waals surface area (Å²) in [7, 11) is -1.88. The molecule has 0 spiro atoms. The predicted molar refractivity (Wildman–Crippen MR) is 122 cm³/mol. The van der Waals surface area contributed by atoms with E-state index in [9.17, 15) is 18.3 Å². The monoisotopic (exact) mass is 467 g/mol. The number of nitrogens with one attached hydrogen (secondary N) is 2. The summed E-state index contributed by atoms with van der Waals surface area (Å²) in [5.41, 5.74) is 2.66. The van der Waals surface area contributed by atoms with E-state index >= 15 is 0 Å². The molecule has 0 atom stereocenters. The molecule has 4 aromatic rings. The summed E-state index contributed by atoms with van der Waals surface area (Å²) in [5, 5.41) is 15.1. The van der Waals surface area contributed by atoms with Gasteiger partial charge in [-0.15, -0.1) is 0 Å². The summed E-state index contributed by atoms with van der Waals surface area (Å²) >= 11 is 0. The number of fused-ring (bicyclic) bond motifs is 1. The number of imidazole rings is 1. The topological polar surface area (TPSA) is 147 Å². The maximum Gasteiger partial charge on any atom is 0.328 e. The normalized spacial score (nSPS) is 15.5. The SMILES string of the molecule is Cn1c(C=c2cnn3c(=NC4CC4)cc(-c4cccc(NS(C)(=O)=O)c4)nc23)c(O)[nH]c1=O. The van der Waals surface area contributed by atoms with Gasteiger partial charge in [-0.1, -0.05) is 12.1 Å². The second-order valence-electron chi connectivity index (χ2n) is 8.02. The number of aromatic hydroxyl groups is 1. The number of nitrogens with zero attached hydrogens (tertiary/aromatic N) is 5. The molecule has 0 amide bonds. The molecule has 1 aliphatic carbocycles. The molecular weight excluding hydrogens is 446 g/mol. The van der Waals surface area contributed by atoms with Crippen LogP contribution in [-0.4, -0.2) is 50.0 Å². The van der Waals surface area contributed by atoms with Crippen molar-refractivity contribution >= 4 is 27.4 Å². The van der Waals surface area contributed by atoms with Gasteiger partial charge < -0.3 is 5.11 Å². The van der Waals surface area contributed by atoms with E-state index in [-0.39, 0.29) is 11.9 Å². The summed E-state index contributed by atoms with van der Waals surface area (Å²) in [6.45, 7) is 0. The highest BCUT2D eigenvalue weighted by Gasteiger charge is 2.20. The molecule has 3 N–H and O–H groups in total. The lowest BCUT2D eigenvalue weighted by Gasteiger charge is -2.07. The Hall–Kier alpha value is -3.93. The maximum atomic E-state index is 11.8. The van der Waals surface area contributed by atoms with Crippen molar-refractivity contribution in [2.75, 3.05) is 11.0 Å². The number of benzene rings is 1. The van der Waals surface area contributed by atoms with Crippen LogP contribution in [0.1, 0.15) is 18.5 Å². The van der Waals surface area contributed by atoms with E-state index in [2.05, 4.69) is 14.8 Å². The Kier molecular flexibility index (Phi) is 4.81. The van der Waals surface area contributed by atoms with Crippen molar-refractivity contribution in [3.05, 3.63) is 63.4 Å². The molecule has 0 radical (unpaired) electrons. The largest absolute Gasteiger partial charge is 0.493 e. The predicted octanol–water partition coefficient (Wildman–Crippen LogP) is 0.111. The first kappa shape index (κ1) is 20.9. The van der Waals surface area contributed by atoms with Gasteiger partial charge in [-0.05, 0) is 31.1 Å². The fourth-order valence-corrected chi connectivity index (χ4v) is 4.04. The van der Waals surface area contributed by atoms with Crippen LogP contribution in [0.4, 0.5) is 5.69 Å². The molecule has 1 fully saturated rings. The first-order chi connectivity index (χ1) is 15.7. The second-order valence-corrected chi connectivity index (χ2v) is 9.77. The molecule has 1 saturated carbocycles. The first-order valence-electron chi connectivity index (χ1n) is 10.2. The number of anilines is 1. The highest BCUT2D eigenvalue weighted by atomic mass is 32.2. The number of rotatable bonds is 5. The van der Waals surface area contributed by atoms with E-state index < -0.39 is 15.7 Å². The number of hydrogen-bond acceptors (Lipinski definition) is 7. The Balaban J connectivity index is 1.73. The van der Waals surface area contributed by atoms with Crippen LogP contribution in [0.25, 0.3) is 23.0 Å². The van der Waals surface area contributed by atoms with E-state index in [1.807, 2.05) is 12.1 Å². The van der Waals surface area contributed by atoms with E-state index in [1.54, 1.807) is 42.0 Å². The average molecular weight is 468 g/mol. The van der Waals surface area contributed by atoms with E-state index in [4.69, 9.17) is 9.98 Å². The van der Waals surface area contributed by atoms with Gasteiger partial charge in [0.15, 0.2) is 11.1 Å². The molecule has 5 rings (SSSR count). The zero-order chi connectivity index (χ0) is 23.3. The third-order valence-electron chi connectivity index (χ3n) is 5.23. The van der Waals surface area contributed by atoms with Gasteiger partial charge in [0, 0.05) is 29.6 Å². The van der Waals surface area contributed by atoms with Crippen molar-refractivity contribution in [1.29, 1.82) is 0 Å². The van der Waals surface area contributed by atoms with Gasteiger partial charge in [0.25, 0.3) is 0 Å². The molecule has 3 heterocycles. The zero-order valence-electron chi connectivity index (χ0n) is 17.8. The quantitative estimate of drug-likeness (QED) is 0.380. The summed E-state index contributed by atoms with van der Waals surface area (Å²) in [5.74, 6) is -0.250. The Morgan fingerprint density at radius 1 is 1.30 bits per heavy atom. The molecule has 0 unspecified atom stereocenters. The minimum absolute atomic E-state index is 0.229. The fraction of sp³-hybridized carbons (Fsp3) is 0.238. The van der Waals surface area contributed by atoms with Crippen LogP contribution >= 0.6 is 0 Å². The standard InChI is InChI=1S/C21H21N7O4S/c1-27-17(20(29)25-21(27)30)9-13-11-22-28-18(23-14-6-7-14)10-16(24-19(13)28)12-4-3-5-15(8-12)26-33(2,31)32/h3-5,8-11,14,26,29H,6-7H2,1-2H3,(H,25,30). The Bertz CT molecular complexity index is 1680. The number of aromatic nitrogens is 5. The number of sulfonamides is 1. The van der Waals surface area contributed by atoms with Crippen LogP contribution in [0.2, 0.25) is 0 Å². The minimum atomic E-state index is -3.43. The van der Waals surface area contributed by atoms with Gasteiger partial charge in [-0.3, -0.25) is 19.3 Å². The Morgan fingerprint density at radius 3 is 2.76 bits per heavy atom. The molecule has 1 aromatic carbocycles. The molecule has 11 nitrogen and oxygen atoms in total. The van der Waals surface area contributed by atoms with Gasteiger partial charge in [-0.25, -0.2) is 18.2 Å². The summed E-state index contributed by atoms with van der Waals surface area (Å²) in [6.07, 6.45) is 6.32. The third-order valence-corrected chi connectivity index (χ3v) is 5.84. The van der Waals surface area contributed by atoms with Crippen molar-refractivity contribution < 1.29 is 13.5 Å². The van der Waals surface area contributed by atoms with E-state index in [0.717, 1.165) is 19.1 Å². The minimum Gasteiger partial charge on any atom is -0.493 e. The van der Waals surface area contributed by atoms with Crippen LogP contribution in [-0.2, 0) is 17.1 Å². The average Bonchev–Trinajstić information content (AvgIpc) is 3.41. The van der Waals surface area contributed by atoms with Crippen molar-refractivity contribution in [2.45, 2.75) is 18.9 Å². The molecular formula is C21H21N7O4S. The number of H-pyrrole nitrogens is 1. The molecule has 12 heteroatoms. The first-order valence-corrected chi connectivity index (χ1v) is 12.1. The lowest BCUT2D eigenvalue weighted by atomic mass is 10.1. The maximum absolute atomic E-state index is 11.8. The van der Waals surface area contributed by atoms with Gasteiger partial charge >= 0.3 is 5.69 Å². The van der Waals surface area contributed by atoms with Crippen LogP contribution in [0.15, 0.2) is 46.3 Å².